The number of amides is 2. The lowest BCUT2D eigenvalue weighted by Crippen LogP contribution is -2.51. The van der Waals surface area contributed by atoms with Gasteiger partial charge in [0.2, 0.25) is 15.9 Å². The SMILES string of the molecule is Cc1csc(CC(=O)N2CCN(C(=O)c3cccc(S(=O)(=O)N4CCOCC4)c3)CC2)n1. The van der Waals surface area contributed by atoms with Gasteiger partial charge in [-0.1, -0.05) is 6.07 Å². The highest BCUT2D eigenvalue weighted by Crippen LogP contribution is 2.20. The zero-order valence-electron chi connectivity index (χ0n) is 17.9. The second-order valence-electron chi connectivity index (χ2n) is 7.78. The maximum absolute atomic E-state index is 13.0. The quantitative estimate of drug-likeness (QED) is 0.636. The summed E-state index contributed by atoms with van der Waals surface area (Å²) >= 11 is 1.48. The molecule has 0 spiro atoms. The molecule has 0 N–H and O–H groups in total. The van der Waals surface area contributed by atoms with Gasteiger partial charge in [-0.2, -0.15) is 4.31 Å². The normalized spacial score (nSPS) is 18.0. The Morgan fingerprint density at radius 2 is 1.75 bits per heavy atom. The van der Waals surface area contributed by atoms with Crippen molar-refractivity contribution in [2.24, 2.45) is 0 Å². The first-order valence-electron chi connectivity index (χ1n) is 10.5. The Morgan fingerprint density at radius 3 is 2.41 bits per heavy atom. The molecule has 0 aliphatic carbocycles. The lowest BCUT2D eigenvalue weighted by molar-refractivity contribution is -0.131. The Hall–Kier alpha value is -2.34. The fourth-order valence-corrected chi connectivity index (χ4v) is 6.01. The monoisotopic (exact) mass is 478 g/mol. The molecule has 2 aliphatic rings. The molecule has 0 saturated carbocycles. The van der Waals surface area contributed by atoms with E-state index in [9.17, 15) is 18.0 Å². The van der Waals surface area contributed by atoms with Crippen LogP contribution in [0.2, 0.25) is 0 Å². The molecule has 2 fully saturated rings. The fraction of sp³-hybridized carbons (Fsp3) is 0.476. The lowest BCUT2D eigenvalue weighted by atomic mass is 10.2. The summed E-state index contributed by atoms with van der Waals surface area (Å²) in [5.41, 5.74) is 1.24. The molecule has 2 aromatic rings. The van der Waals surface area contributed by atoms with Gasteiger partial charge in [-0.15, -0.1) is 11.3 Å². The second-order valence-corrected chi connectivity index (χ2v) is 10.7. The number of benzene rings is 1. The van der Waals surface area contributed by atoms with E-state index >= 15 is 0 Å². The summed E-state index contributed by atoms with van der Waals surface area (Å²) in [6.45, 7) is 4.93. The molecule has 2 amide bonds. The number of sulfonamides is 1. The molecule has 1 aromatic carbocycles. The van der Waals surface area contributed by atoms with Crippen LogP contribution >= 0.6 is 11.3 Å². The zero-order valence-corrected chi connectivity index (χ0v) is 19.5. The molecule has 172 valence electrons. The summed E-state index contributed by atoms with van der Waals surface area (Å²) in [6, 6.07) is 6.17. The average molecular weight is 479 g/mol. The van der Waals surface area contributed by atoms with Crippen LogP contribution in [0.3, 0.4) is 0 Å². The average Bonchev–Trinajstić information content (AvgIpc) is 3.23. The largest absolute Gasteiger partial charge is 0.379 e. The fourth-order valence-electron chi connectivity index (χ4n) is 3.79. The van der Waals surface area contributed by atoms with Crippen LogP contribution in [-0.4, -0.2) is 91.8 Å². The van der Waals surface area contributed by atoms with E-state index in [2.05, 4.69) is 4.98 Å². The smallest absolute Gasteiger partial charge is 0.254 e. The Kier molecular flexibility index (Phi) is 6.89. The van der Waals surface area contributed by atoms with Gasteiger partial charge in [-0.3, -0.25) is 9.59 Å². The zero-order chi connectivity index (χ0) is 22.7. The van der Waals surface area contributed by atoms with E-state index in [-0.39, 0.29) is 23.1 Å². The Balaban J connectivity index is 1.38. The predicted molar refractivity (Wildman–Crippen MR) is 119 cm³/mol. The third kappa shape index (κ3) is 5.01. The Labute approximate surface area is 191 Å². The van der Waals surface area contributed by atoms with Gasteiger partial charge in [-0.25, -0.2) is 13.4 Å². The Morgan fingerprint density at radius 1 is 1.06 bits per heavy atom. The number of morpholine rings is 1. The third-order valence-corrected chi connectivity index (χ3v) is 8.44. The van der Waals surface area contributed by atoms with E-state index in [4.69, 9.17) is 4.74 Å². The Bertz CT molecular complexity index is 1090. The van der Waals surface area contributed by atoms with Gasteiger partial charge in [0, 0.05) is 55.9 Å². The van der Waals surface area contributed by atoms with Crippen molar-refractivity contribution in [2.75, 3.05) is 52.5 Å². The second kappa shape index (κ2) is 9.65. The van der Waals surface area contributed by atoms with Crippen molar-refractivity contribution in [3.05, 3.63) is 45.9 Å². The molecule has 2 saturated heterocycles. The number of hydrogen-bond acceptors (Lipinski definition) is 7. The third-order valence-electron chi connectivity index (χ3n) is 5.58. The van der Waals surface area contributed by atoms with Crippen molar-refractivity contribution >= 4 is 33.2 Å². The van der Waals surface area contributed by atoms with Gasteiger partial charge in [0.05, 0.1) is 24.5 Å². The minimum Gasteiger partial charge on any atom is -0.379 e. The van der Waals surface area contributed by atoms with Crippen molar-refractivity contribution in [3.8, 4) is 0 Å². The number of rotatable bonds is 5. The van der Waals surface area contributed by atoms with Crippen molar-refractivity contribution in [3.63, 3.8) is 0 Å². The van der Waals surface area contributed by atoms with Crippen molar-refractivity contribution in [2.45, 2.75) is 18.2 Å². The van der Waals surface area contributed by atoms with E-state index < -0.39 is 10.0 Å². The number of aryl methyl sites for hydroxylation is 1. The highest BCUT2D eigenvalue weighted by molar-refractivity contribution is 7.89. The van der Waals surface area contributed by atoms with Crippen LogP contribution in [0.5, 0.6) is 0 Å². The van der Waals surface area contributed by atoms with Crippen LogP contribution < -0.4 is 0 Å². The molecule has 0 radical (unpaired) electrons. The number of ether oxygens (including phenoxy) is 1. The van der Waals surface area contributed by atoms with Gasteiger partial charge >= 0.3 is 0 Å². The molecule has 11 heteroatoms. The number of nitrogens with zero attached hydrogens (tertiary/aromatic N) is 4. The van der Waals surface area contributed by atoms with Gasteiger partial charge in [0.15, 0.2) is 0 Å². The summed E-state index contributed by atoms with van der Waals surface area (Å²) in [4.78, 5) is 33.4. The highest BCUT2D eigenvalue weighted by Gasteiger charge is 2.29. The van der Waals surface area contributed by atoms with Crippen LogP contribution in [0.1, 0.15) is 21.1 Å². The molecule has 9 nitrogen and oxygen atoms in total. The van der Waals surface area contributed by atoms with Crippen LogP contribution in [0.4, 0.5) is 0 Å². The highest BCUT2D eigenvalue weighted by atomic mass is 32.2. The minimum absolute atomic E-state index is 0.00468. The first-order valence-corrected chi connectivity index (χ1v) is 12.8. The van der Waals surface area contributed by atoms with Crippen molar-refractivity contribution in [1.82, 2.24) is 19.1 Å². The van der Waals surface area contributed by atoms with E-state index in [1.165, 1.54) is 27.8 Å². The number of piperazine rings is 1. The predicted octanol–water partition coefficient (Wildman–Crippen LogP) is 1.000. The van der Waals surface area contributed by atoms with Gasteiger partial charge in [0.25, 0.3) is 5.91 Å². The maximum atomic E-state index is 13.0. The number of carbonyl (C=O) groups excluding carboxylic acids is 2. The molecule has 0 bridgehead atoms. The molecular weight excluding hydrogens is 452 g/mol. The number of aromatic nitrogens is 1. The van der Waals surface area contributed by atoms with E-state index in [0.717, 1.165) is 10.7 Å². The number of carbonyl (C=O) groups is 2. The summed E-state index contributed by atoms with van der Waals surface area (Å²) < 4.78 is 32.4. The molecule has 4 rings (SSSR count). The number of hydrogen-bond donors (Lipinski definition) is 0. The maximum Gasteiger partial charge on any atom is 0.254 e. The minimum atomic E-state index is -3.67. The molecule has 0 unspecified atom stereocenters. The van der Waals surface area contributed by atoms with Gasteiger partial charge in [-0.05, 0) is 25.1 Å². The first kappa shape index (κ1) is 22.8. The lowest BCUT2D eigenvalue weighted by Gasteiger charge is -2.35. The molecule has 2 aliphatic heterocycles. The van der Waals surface area contributed by atoms with Gasteiger partial charge in [0.1, 0.15) is 5.01 Å². The molecular formula is C21H26N4O5S2. The molecule has 32 heavy (non-hydrogen) atoms. The van der Waals surface area contributed by atoms with Gasteiger partial charge < -0.3 is 14.5 Å². The van der Waals surface area contributed by atoms with Crippen LogP contribution in [0.15, 0.2) is 34.5 Å². The van der Waals surface area contributed by atoms with E-state index in [1.54, 1.807) is 21.9 Å². The van der Waals surface area contributed by atoms with Crippen molar-refractivity contribution in [1.29, 1.82) is 0 Å². The van der Waals surface area contributed by atoms with E-state index in [0.29, 0.717) is 58.0 Å². The molecule has 1 aromatic heterocycles. The summed E-state index contributed by atoms with van der Waals surface area (Å²) in [6.07, 6.45) is 0.272. The number of thiazole rings is 1. The summed E-state index contributed by atoms with van der Waals surface area (Å²) in [7, 11) is -3.67. The van der Waals surface area contributed by atoms with Crippen LogP contribution in [-0.2, 0) is 26.0 Å². The summed E-state index contributed by atoms with van der Waals surface area (Å²) in [5, 5.41) is 2.72. The molecule has 3 heterocycles. The standard InChI is InChI=1S/C21H26N4O5S2/c1-16-15-31-19(22-16)14-20(26)23-5-7-24(8-6-23)21(27)17-3-2-4-18(13-17)32(28,29)25-9-11-30-12-10-25/h2-4,13,15H,5-12,14H2,1H3. The molecule has 0 atom stereocenters. The topological polar surface area (TPSA) is 100 Å². The van der Waals surface area contributed by atoms with E-state index in [1.807, 2.05) is 12.3 Å². The summed E-state index contributed by atoms with van der Waals surface area (Å²) in [5.74, 6) is -0.225. The first-order chi connectivity index (χ1) is 15.3. The van der Waals surface area contributed by atoms with Crippen molar-refractivity contribution < 1.29 is 22.7 Å². The van der Waals surface area contributed by atoms with Crippen LogP contribution in [0.25, 0.3) is 0 Å². The van der Waals surface area contributed by atoms with Crippen LogP contribution in [0, 0.1) is 6.92 Å².